The number of carbonyl (C=O) groups excluding carboxylic acids is 1. The number of aromatic nitrogens is 2. The quantitative estimate of drug-likeness (QED) is 0.503. The molecular formula is C20H14Cl2N4O3. The molecule has 1 amide bonds. The van der Waals surface area contributed by atoms with Gasteiger partial charge in [-0.25, -0.2) is 0 Å². The molecule has 2 aromatic heterocycles. The number of ether oxygens (including phenoxy) is 1. The molecule has 146 valence electrons. The molecule has 0 aliphatic rings. The van der Waals surface area contributed by atoms with Crippen LogP contribution in [0.15, 0.2) is 46.9 Å². The lowest BCUT2D eigenvalue weighted by Gasteiger charge is -2.12. The van der Waals surface area contributed by atoms with Crippen molar-refractivity contribution in [3.05, 3.63) is 73.6 Å². The molecule has 0 radical (unpaired) electrons. The Balaban J connectivity index is 2.30. The highest BCUT2D eigenvalue weighted by Crippen LogP contribution is 2.32. The van der Waals surface area contributed by atoms with Crippen LogP contribution in [-0.2, 0) is 4.79 Å². The van der Waals surface area contributed by atoms with Gasteiger partial charge in [0.05, 0.1) is 5.02 Å². The zero-order valence-corrected chi connectivity index (χ0v) is 16.9. The van der Waals surface area contributed by atoms with Crippen molar-refractivity contribution in [1.82, 2.24) is 14.7 Å². The van der Waals surface area contributed by atoms with E-state index in [1.54, 1.807) is 37.4 Å². The molecule has 1 N–H and O–H groups in total. The Bertz CT molecular complexity index is 1260. The van der Waals surface area contributed by atoms with E-state index in [1.807, 2.05) is 0 Å². The topological polar surface area (TPSA) is 96.5 Å². The fourth-order valence-corrected chi connectivity index (χ4v) is 3.03. The fourth-order valence-electron chi connectivity index (χ4n) is 2.58. The summed E-state index contributed by atoms with van der Waals surface area (Å²) >= 11 is 12.1. The van der Waals surface area contributed by atoms with Crippen LogP contribution in [0.3, 0.4) is 0 Å². The van der Waals surface area contributed by atoms with Crippen LogP contribution >= 0.6 is 23.2 Å². The van der Waals surface area contributed by atoms with Gasteiger partial charge < -0.3 is 10.1 Å². The molecule has 0 atom stereocenters. The minimum atomic E-state index is -0.642. The van der Waals surface area contributed by atoms with E-state index in [0.717, 1.165) is 11.6 Å². The van der Waals surface area contributed by atoms with Gasteiger partial charge in [-0.15, -0.1) is 0 Å². The standard InChI is InChI=1S/C20H14Cl2N4O3/c1-11-4-3-7-26-17(11)25-19(29-16-6-5-13(21)9-15(16)22)14(20(26)28)8-12(10-23)18(27)24-2/h3-9H,1-2H3,(H,24,27). The number of hydrogen-bond acceptors (Lipinski definition) is 5. The first-order valence-corrected chi connectivity index (χ1v) is 9.10. The third kappa shape index (κ3) is 4.09. The molecule has 0 unspecified atom stereocenters. The summed E-state index contributed by atoms with van der Waals surface area (Å²) in [6.45, 7) is 1.79. The number of carbonyl (C=O) groups is 1. The summed E-state index contributed by atoms with van der Waals surface area (Å²) in [7, 11) is 1.38. The zero-order chi connectivity index (χ0) is 21.1. The van der Waals surface area contributed by atoms with Gasteiger partial charge in [-0.2, -0.15) is 10.2 Å². The molecule has 0 aliphatic heterocycles. The summed E-state index contributed by atoms with van der Waals surface area (Å²) in [4.78, 5) is 29.5. The number of nitrogens with one attached hydrogen (secondary N) is 1. The molecule has 7 nitrogen and oxygen atoms in total. The van der Waals surface area contributed by atoms with Crippen molar-refractivity contribution in [2.75, 3.05) is 7.05 Å². The highest BCUT2D eigenvalue weighted by molar-refractivity contribution is 6.35. The van der Waals surface area contributed by atoms with E-state index < -0.39 is 11.5 Å². The van der Waals surface area contributed by atoms with Crippen LogP contribution in [0.5, 0.6) is 11.6 Å². The Labute approximate surface area is 175 Å². The van der Waals surface area contributed by atoms with Crippen molar-refractivity contribution in [2.24, 2.45) is 0 Å². The van der Waals surface area contributed by atoms with Crippen molar-refractivity contribution in [1.29, 1.82) is 5.26 Å². The van der Waals surface area contributed by atoms with Crippen LogP contribution in [-0.4, -0.2) is 22.3 Å². The number of amides is 1. The molecule has 0 saturated carbocycles. The monoisotopic (exact) mass is 428 g/mol. The van der Waals surface area contributed by atoms with Crippen LogP contribution < -0.4 is 15.6 Å². The van der Waals surface area contributed by atoms with Gasteiger partial charge in [0.25, 0.3) is 11.5 Å². The van der Waals surface area contributed by atoms with Gasteiger partial charge in [0.1, 0.15) is 28.6 Å². The molecule has 2 heterocycles. The Kier molecular flexibility index (Phi) is 5.87. The normalized spacial score (nSPS) is 11.2. The molecule has 0 bridgehead atoms. The van der Waals surface area contributed by atoms with E-state index in [0.29, 0.717) is 10.7 Å². The van der Waals surface area contributed by atoms with E-state index in [9.17, 15) is 14.9 Å². The molecule has 0 saturated heterocycles. The molecule has 0 aliphatic carbocycles. The first kappa shape index (κ1) is 20.4. The number of nitrogens with zero attached hydrogens (tertiary/aromatic N) is 3. The third-order valence-corrected chi connectivity index (χ3v) is 4.56. The molecule has 9 heteroatoms. The number of hydrogen-bond donors (Lipinski definition) is 1. The minimum Gasteiger partial charge on any atom is -0.437 e. The van der Waals surface area contributed by atoms with Gasteiger partial charge in [0.2, 0.25) is 5.88 Å². The molecule has 29 heavy (non-hydrogen) atoms. The van der Waals surface area contributed by atoms with E-state index in [-0.39, 0.29) is 27.8 Å². The number of rotatable bonds is 4. The van der Waals surface area contributed by atoms with Crippen LogP contribution in [0.2, 0.25) is 10.0 Å². The first-order chi connectivity index (χ1) is 13.8. The minimum absolute atomic E-state index is 0.0701. The average molecular weight is 429 g/mol. The number of halogens is 2. The van der Waals surface area contributed by atoms with E-state index in [1.165, 1.54) is 23.6 Å². The van der Waals surface area contributed by atoms with Gasteiger partial charge in [-0.1, -0.05) is 29.3 Å². The van der Waals surface area contributed by atoms with Crippen LogP contribution in [0, 0.1) is 18.3 Å². The summed E-state index contributed by atoms with van der Waals surface area (Å²) in [5.74, 6) is -0.518. The van der Waals surface area contributed by atoms with Gasteiger partial charge in [-0.3, -0.25) is 14.0 Å². The van der Waals surface area contributed by atoms with E-state index in [4.69, 9.17) is 27.9 Å². The molecule has 1 aromatic carbocycles. The van der Waals surface area contributed by atoms with Crippen molar-refractivity contribution in [2.45, 2.75) is 6.92 Å². The van der Waals surface area contributed by atoms with Crippen molar-refractivity contribution in [3.63, 3.8) is 0 Å². The van der Waals surface area contributed by atoms with Gasteiger partial charge >= 0.3 is 0 Å². The summed E-state index contributed by atoms with van der Waals surface area (Å²) in [6, 6.07) is 9.85. The SMILES string of the molecule is CNC(=O)C(C#N)=Cc1c(Oc2ccc(Cl)cc2Cl)nc2c(C)cccn2c1=O. The predicted octanol–water partition coefficient (Wildman–Crippen LogP) is 3.76. The highest BCUT2D eigenvalue weighted by atomic mass is 35.5. The van der Waals surface area contributed by atoms with Crippen molar-refractivity contribution in [3.8, 4) is 17.7 Å². The molecule has 0 spiro atoms. The lowest BCUT2D eigenvalue weighted by Crippen LogP contribution is -2.22. The number of nitriles is 1. The maximum absolute atomic E-state index is 13.1. The van der Waals surface area contributed by atoms with Gasteiger partial charge in [0.15, 0.2) is 0 Å². The summed E-state index contributed by atoms with van der Waals surface area (Å²) < 4.78 is 7.11. The predicted molar refractivity (Wildman–Crippen MR) is 110 cm³/mol. The third-order valence-electron chi connectivity index (χ3n) is 4.03. The summed E-state index contributed by atoms with van der Waals surface area (Å²) in [5, 5.41) is 12.3. The largest absolute Gasteiger partial charge is 0.437 e. The molecule has 3 aromatic rings. The maximum Gasteiger partial charge on any atom is 0.269 e. The van der Waals surface area contributed by atoms with Crippen molar-refractivity contribution < 1.29 is 9.53 Å². The Morgan fingerprint density at radius 1 is 1.34 bits per heavy atom. The van der Waals surface area contributed by atoms with Crippen LogP contribution in [0.25, 0.3) is 11.7 Å². The number of pyridine rings is 1. The second kappa shape index (κ2) is 8.35. The second-order valence-corrected chi connectivity index (χ2v) is 6.79. The maximum atomic E-state index is 13.1. The molecule has 0 fully saturated rings. The molecular weight excluding hydrogens is 415 g/mol. The number of fused-ring (bicyclic) bond motifs is 1. The van der Waals surface area contributed by atoms with Crippen molar-refractivity contribution >= 4 is 40.8 Å². The highest BCUT2D eigenvalue weighted by Gasteiger charge is 2.18. The number of likely N-dealkylation sites (N-methyl/N-ethyl adjacent to an activating group) is 1. The number of benzene rings is 1. The second-order valence-electron chi connectivity index (χ2n) is 5.95. The Morgan fingerprint density at radius 2 is 2.10 bits per heavy atom. The lowest BCUT2D eigenvalue weighted by atomic mass is 10.1. The summed E-state index contributed by atoms with van der Waals surface area (Å²) in [6.07, 6.45) is 2.68. The molecule has 3 rings (SSSR count). The number of aryl methyl sites for hydroxylation is 1. The summed E-state index contributed by atoms with van der Waals surface area (Å²) in [5.41, 5.74) is 0.257. The van der Waals surface area contributed by atoms with Gasteiger partial charge in [0, 0.05) is 18.3 Å². The Hall–Kier alpha value is -3.34. The first-order valence-electron chi connectivity index (χ1n) is 8.34. The lowest BCUT2D eigenvalue weighted by molar-refractivity contribution is -0.116. The van der Waals surface area contributed by atoms with E-state index in [2.05, 4.69) is 10.3 Å². The Morgan fingerprint density at radius 3 is 2.76 bits per heavy atom. The fraction of sp³-hybridized carbons (Fsp3) is 0.100. The van der Waals surface area contributed by atoms with Crippen LogP contribution in [0.4, 0.5) is 0 Å². The van der Waals surface area contributed by atoms with Gasteiger partial charge in [-0.05, 0) is 42.8 Å². The van der Waals surface area contributed by atoms with Crippen LogP contribution in [0.1, 0.15) is 11.1 Å². The average Bonchev–Trinajstić information content (AvgIpc) is 2.70. The zero-order valence-electron chi connectivity index (χ0n) is 15.4. The smallest absolute Gasteiger partial charge is 0.269 e. The van der Waals surface area contributed by atoms with E-state index >= 15 is 0 Å².